The van der Waals surface area contributed by atoms with Gasteiger partial charge in [0.05, 0.1) is 6.61 Å². The Morgan fingerprint density at radius 3 is 2.41 bits per heavy atom. The summed E-state index contributed by atoms with van der Waals surface area (Å²) in [7, 11) is 0. The molecule has 1 aromatic heterocycles. The van der Waals surface area contributed by atoms with E-state index in [-0.39, 0.29) is 6.42 Å². The van der Waals surface area contributed by atoms with Gasteiger partial charge in [-0.05, 0) is 29.3 Å². The summed E-state index contributed by atoms with van der Waals surface area (Å²) in [5.41, 5.74) is 1.53. The van der Waals surface area contributed by atoms with Crippen LogP contribution in [0.1, 0.15) is 18.1 Å². The van der Waals surface area contributed by atoms with Crippen molar-refractivity contribution in [3.8, 4) is 5.75 Å². The van der Waals surface area contributed by atoms with Crippen LogP contribution in [0.4, 0.5) is 8.78 Å². The van der Waals surface area contributed by atoms with Crippen molar-refractivity contribution in [2.24, 2.45) is 0 Å². The largest absolute Gasteiger partial charge is 0.492 e. The van der Waals surface area contributed by atoms with E-state index in [0.29, 0.717) is 18.8 Å². The first-order valence-corrected chi connectivity index (χ1v) is 12.9. The summed E-state index contributed by atoms with van der Waals surface area (Å²) in [6.45, 7) is 6.60. The topological polar surface area (TPSA) is 37.8 Å². The number of hydrogen-bond acceptors (Lipinski definition) is 5. The van der Waals surface area contributed by atoms with Gasteiger partial charge in [-0.3, -0.25) is 14.8 Å². The van der Waals surface area contributed by atoms with Crippen molar-refractivity contribution >= 4 is 10.8 Å². The summed E-state index contributed by atoms with van der Waals surface area (Å²) in [5.74, 6) is -1.93. The number of fused-ring (bicyclic) bond motifs is 1. The van der Waals surface area contributed by atoms with Gasteiger partial charge in [-0.15, -0.1) is 0 Å². The van der Waals surface area contributed by atoms with Crippen molar-refractivity contribution in [1.29, 1.82) is 0 Å². The van der Waals surface area contributed by atoms with Gasteiger partial charge in [-0.2, -0.15) is 0 Å². The fourth-order valence-corrected chi connectivity index (χ4v) is 4.97. The molecule has 1 aliphatic carbocycles. The number of rotatable bonds is 10. The van der Waals surface area contributed by atoms with Crippen LogP contribution in [0.2, 0.25) is 0 Å². The molecule has 1 unspecified atom stereocenters. The minimum Gasteiger partial charge on any atom is -0.492 e. The lowest BCUT2D eigenvalue weighted by molar-refractivity contribution is 0.0191. The van der Waals surface area contributed by atoms with E-state index in [1.807, 2.05) is 60.8 Å². The zero-order chi connectivity index (χ0) is 25.5. The molecule has 194 valence electrons. The molecule has 1 aliphatic heterocycles. The van der Waals surface area contributed by atoms with Crippen LogP contribution in [-0.2, 0) is 4.74 Å². The van der Waals surface area contributed by atoms with Crippen LogP contribution in [0.25, 0.3) is 10.8 Å². The average molecular weight is 506 g/mol. The lowest BCUT2D eigenvalue weighted by Gasteiger charge is -2.35. The van der Waals surface area contributed by atoms with Gasteiger partial charge < -0.3 is 9.47 Å². The van der Waals surface area contributed by atoms with Crippen molar-refractivity contribution in [2.75, 3.05) is 52.5 Å². The van der Waals surface area contributed by atoms with E-state index >= 15 is 0 Å². The number of halogens is 2. The normalized spacial score (nSPS) is 19.0. The Morgan fingerprint density at radius 2 is 1.65 bits per heavy atom. The quantitative estimate of drug-likeness (QED) is 0.363. The van der Waals surface area contributed by atoms with E-state index in [0.717, 1.165) is 67.4 Å². The molecule has 3 aromatic rings. The third kappa shape index (κ3) is 6.80. The molecule has 7 heteroatoms. The van der Waals surface area contributed by atoms with Gasteiger partial charge in [0, 0.05) is 68.9 Å². The van der Waals surface area contributed by atoms with Crippen molar-refractivity contribution < 1.29 is 18.3 Å². The highest BCUT2D eigenvalue weighted by molar-refractivity contribution is 5.87. The number of hydrogen-bond donors (Lipinski definition) is 0. The summed E-state index contributed by atoms with van der Waals surface area (Å²) in [4.78, 5) is 8.97. The van der Waals surface area contributed by atoms with Crippen LogP contribution in [0, 0.1) is 0 Å². The molecule has 5 rings (SSSR count). The summed E-state index contributed by atoms with van der Waals surface area (Å²) in [6, 6.07) is 17.7. The van der Waals surface area contributed by atoms with Crippen LogP contribution in [-0.4, -0.2) is 73.2 Å². The van der Waals surface area contributed by atoms with E-state index in [1.165, 1.54) is 6.08 Å². The minimum absolute atomic E-state index is 0.306. The number of alkyl halides is 2. The number of piperazine rings is 1. The molecule has 2 heterocycles. The summed E-state index contributed by atoms with van der Waals surface area (Å²) in [5, 5.41) is 2.16. The highest BCUT2D eigenvalue weighted by Gasteiger charge is 2.32. The third-order valence-corrected chi connectivity index (χ3v) is 6.99. The number of benzene rings is 2. The highest BCUT2D eigenvalue weighted by atomic mass is 19.3. The van der Waals surface area contributed by atoms with Crippen LogP contribution < -0.4 is 4.74 Å². The summed E-state index contributed by atoms with van der Waals surface area (Å²) >= 11 is 0. The molecule has 0 bridgehead atoms. The first-order chi connectivity index (χ1) is 18.1. The second-order valence-electron chi connectivity index (χ2n) is 9.58. The number of aromatic nitrogens is 1. The maximum absolute atomic E-state index is 14.0. The molecule has 2 aromatic carbocycles. The Balaban J connectivity index is 1.07. The maximum atomic E-state index is 14.0. The number of allylic oxidation sites excluding steroid dienone is 3. The van der Waals surface area contributed by atoms with E-state index in [2.05, 4.69) is 14.8 Å². The van der Waals surface area contributed by atoms with Crippen LogP contribution in [0.5, 0.6) is 5.75 Å². The van der Waals surface area contributed by atoms with Crippen LogP contribution in [0.15, 0.2) is 90.8 Å². The molecule has 2 aliphatic rings. The second kappa shape index (κ2) is 11.9. The Morgan fingerprint density at radius 1 is 0.892 bits per heavy atom. The molecule has 1 saturated heterocycles. The molecule has 1 fully saturated rings. The second-order valence-corrected chi connectivity index (χ2v) is 9.58. The third-order valence-electron chi connectivity index (χ3n) is 6.99. The molecule has 0 spiro atoms. The molecule has 0 saturated carbocycles. The van der Waals surface area contributed by atoms with Gasteiger partial charge in [-0.1, -0.05) is 54.6 Å². The van der Waals surface area contributed by atoms with Crippen molar-refractivity contribution in [1.82, 2.24) is 14.8 Å². The van der Waals surface area contributed by atoms with Gasteiger partial charge in [0.15, 0.2) is 0 Å². The van der Waals surface area contributed by atoms with Crippen LogP contribution in [0.3, 0.4) is 0 Å². The van der Waals surface area contributed by atoms with Crippen LogP contribution >= 0.6 is 0 Å². The number of ether oxygens (including phenoxy) is 2. The lowest BCUT2D eigenvalue weighted by atomic mass is 9.93. The van der Waals surface area contributed by atoms with Gasteiger partial charge in [-0.25, -0.2) is 8.78 Å². The summed E-state index contributed by atoms with van der Waals surface area (Å²) < 4.78 is 40.4. The predicted molar refractivity (Wildman–Crippen MR) is 142 cm³/mol. The lowest BCUT2D eigenvalue weighted by Crippen LogP contribution is -2.48. The van der Waals surface area contributed by atoms with Gasteiger partial charge >= 0.3 is 0 Å². The SMILES string of the molecule is FC1(F)C=CC=C(C(OCCN2CCN(CCOc3cccc4cnccc34)CC2)c2ccccc2)C1. The molecule has 0 amide bonds. The van der Waals surface area contributed by atoms with Gasteiger partial charge in [0.25, 0.3) is 5.92 Å². The Hall–Kier alpha value is -3.13. The first-order valence-electron chi connectivity index (χ1n) is 12.9. The fraction of sp³-hybridized carbons (Fsp3) is 0.367. The standard InChI is InChI=1S/C30H33F2N3O2/c31-30(32)12-5-9-25(22-30)29(24-6-2-1-3-7-24)37-21-19-35-16-14-34(15-17-35)18-20-36-28-10-4-8-26-23-33-13-11-27(26)28/h1-13,23,29H,14-22H2. The zero-order valence-electron chi connectivity index (χ0n) is 20.9. The molecule has 1 atom stereocenters. The highest BCUT2D eigenvalue weighted by Crippen LogP contribution is 2.37. The minimum atomic E-state index is -2.83. The Labute approximate surface area is 217 Å². The Bertz CT molecular complexity index is 1220. The molecule has 37 heavy (non-hydrogen) atoms. The van der Waals surface area contributed by atoms with E-state index in [4.69, 9.17) is 9.47 Å². The number of pyridine rings is 1. The maximum Gasteiger partial charge on any atom is 0.270 e. The van der Waals surface area contributed by atoms with Crippen molar-refractivity contribution in [3.63, 3.8) is 0 Å². The molecule has 5 nitrogen and oxygen atoms in total. The Kier molecular flexibility index (Phi) is 8.24. The zero-order valence-corrected chi connectivity index (χ0v) is 20.9. The molecule has 0 radical (unpaired) electrons. The van der Waals surface area contributed by atoms with Gasteiger partial charge in [0.1, 0.15) is 18.5 Å². The monoisotopic (exact) mass is 505 g/mol. The van der Waals surface area contributed by atoms with Crippen molar-refractivity contribution in [2.45, 2.75) is 18.4 Å². The van der Waals surface area contributed by atoms with Gasteiger partial charge in [0.2, 0.25) is 0 Å². The smallest absolute Gasteiger partial charge is 0.270 e. The molecule has 0 N–H and O–H groups in total. The average Bonchev–Trinajstić information content (AvgIpc) is 2.92. The van der Waals surface area contributed by atoms with Crippen molar-refractivity contribution in [3.05, 3.63) is 96.4 Å². The first kappa shape index (κ1) is 25.5. The fourth-order valence-electron chi connectivity index (χ4n) is 4.97. The van der Waals surface area contributed by atoms with E-state index in [9.17, 15) is 8.78 Å². The van der Waals surface area contributed by atoms with E-state index < -0.39 is 12.0 Å². The van der Waals surface area contributed by atoms with E-state index in [1.54, 1.807) is 12.3 Å². The predicted octanol–water partition coefficient (Wildman–Crippen LogP) is 5.51. The summed E-state index contributed by atoms with van der Waals surface area (Å²) in [6.07, 6.45) is 7.05. The molecular formula is C30H33F2N3O2. The number of nitrogens with zero attached hydrogens (tertiary/aromatic N) is 3. The molecular weight excluding hydrogens is 472 g/mol.